The minimum atomic E-state index is 0.538. The lowest BCUT2D eigenvalue weighted by molar-refractivity contribution is 0.416. The van der Waals surface area contributed by atoms with E-state index in [1.807, 2.05) is 13.1 Å². The molecule has 0 saturated heterocycles. The van der Waals surface area contributed by atoms with Crippen molar-refractivity contribution in [2.45, 2.75) is 19.8 Å². The maximum Gasteiger partial charge on any atom is 0.141 e. The van der Waals surface area contributed by atoms with Gasteiger partial charge in [-0.3, -0.25) is 0 Å². The van der Waals surface area contributed by atoms with Gasteiger partial charge >= 0.3 is 0 Å². The Morgan fingerprint density at radius 2 is 2.00 bits per heavy atom. The van der Waals surface area contributed by atoms with E-state index in [0.717, 1.165) is 24.5 Å². The lowest BCUT2D eigenvalue weighted by Gasteiger charge is -2.14. The van der Waals surface area contributed by atoms with E-state index in [1.54, 1.807) is 7.11 Å². The molecule has 90 valence electrons. The van der Waals surface area contributed by atoms with E-state index >= 15 is 0 Å². The molecule has 0 aliphatic carbocycles. The summed E-state index contributed by atoms with van der Waals surface area (Å²) < 4.78 is 5.33. The second-order valence-electron chi connectivity index (χ2n) is 4.14. The monoisotopic (exact) mass is 222 g/mol. The molecule has 0 atom stereocenters. The zero-order valence-electron chi connectivity index (χ0n) is 10.6. The van der Waals surface area contributed by atoms with Gasteiger partial charge in [0.1, 0.15) is 5.75 Å². The molecule has 0 fully saturated rings. The van der Waals surface area contributed by atoms with Crippen molar-refractivity contribution in [3.63, 3.8) is 0 Å². The molecule has 0 aliphatic rings. The van der Waals surface area contributed by atoms with Crippen LogP contribution in [0, 0.1) is 0 Å². The highest BCUT2D eigenvalue weighted by Gasteiger charge is 2.05. The Kier molecular flexibility index (Phi) is 5.12. The van der Waals surface area contributed by atoms with Gasteiger partial charge in [0.05, 0.1) is 12.8 Å². The molecule has 0 unspecified atom stereocenters. The molecule has 0 spiro atoms. The molecule has 0 radical (unpaired) electrons. The van der Waals surface area contributed by atoms with Crippen molar-refractivity contribution in [3.05, 3.63) is 23.8 Å². The maximum atomic E-state index is 5.33. The standard InChI is InChI=1S/C13H22N2O/c1-10(2)11-5-6-13(16-4)12(9-11)15-8-7-14-3/h5-6,9-10,14-15H,7-8H2,1-4H3. The first-order valence-electron chi connectivity index (χ1n) is 5.75. The number of hydrogen-bond acceptors (Lipinski definition) is 3. The van der Waals surface area contributed by atoms with E-state index in [-0.39, 0.29) is 0 Å². The van der Waals surface area contributed by atoms with Crippen LogP contribution in [0.1, 0.15) is 25.3 Å². The van der Waals surface area contributed by atoms with Crippen LogP contribution in [0.2, 0.25) is 0 Å². The lowest BCUT2D eigenvalue weighted by atomic mass is 10.0. The molecule has 16 heavy (non-hydrogen) atoms. The molecule has 0 heterocycles. The number of likely N-dealkylation sites (N-methyl/N-ethyl adjacent to an activating group) is 1. The second kappa shape index (κ2) is 6.38. The number of ether oxygens (including phenoxy) is 1. The first-order valence-corrected chi connectivity index (χ1v) is 5.75. The average molecular weight is 222 g/mol. The van der Waals surface area contributed by atoms with Crippen LogP contribution in [0.4, 0.5) is 5.69 Å². The van der Waals surface area contributed by atoms with Crippen molar-refractivity contribution in [2.24, 2.45) is 0 Å². The SMILES string of the molecule is CNCCNc1cc(C(C)C)ccc1OC. The van der Waals surface area contributed by atoms with Gasteiger partial charge in [-0.25, -0.2) is 0 Å². The summed E-state index contributed by atoms with van der Waals surface area (Å²) in [4.78, 5) is 0. The van der Waals surface area contributed by atoms with Crippen LogP contribution in [-0.2, 0) is 0 Å². The van der Waals surface area contributed by atoms with E-state index in [2.05, 4.69) is 36.6 Å². The maximum absolute atomic E-state index is 5.33. The summed E-state index contributed by atoms with van der Waals surface area (Å²) in [5.74, 6) is 1.44. The zero-order valence-corrected chi connectivity index (χ0v) is 10.6. The topological polar surface area (TPSA) is 33.3 Å². The molecule has 1 aromatic rings. The van der Waals surface area contributed by atoms with E-state index in [4.69, 9.17) is 4.74 Å². The van der Waals surface area contributed by atoms with Gasteiger partial charge < -0.3 is 15.4 Å². The predicted molar refractivity (Wildman–Crippen MR) is 69.5 cm³/mol. The fourth-order valence-electron chi connectivity index (χ4n) is 1.55. The number of nitrogens with one attached hydrogen (secondary N) is 2. The van der Waals surface area contributed by atoms with E-state index in [1.165, 1.54) is 5.56 Å². The Morgan fingerprint density at radius 3 is 2.56 bits per heavy atom. The molecular weight excluding hydrogens is 200 g/mol. The zero-order chi connectivity index (χ0) is 12.0. The van der Waals surface area contributed by atoms with Crippen LogP contribution >= 0.6 is 0 Å². The molecule has 0 amide bonds. The van der Waals surface area contributed by atoms with Gasteiger partial charge in [0.15, 0.2) is 0 Å². The minimum Gasteiger partial charge on any atom is -0.495 e. The smallest absolute Gasteiger partial charge is 0.141 e. The normalized spacial score (nSPS) is 10.6. The largest absolute Gasteiger partial charge is 0.495 e. The number of hydrogen-bond donors (Lipinski definition) is 2. The fourth-order valence-corrected chi connectivity index (χ4v) is 1.55. The van der Waals surface area contributed by atoms with Crippen molar-refractivity contribution in [2.75, 3.05) is 32.6 Å². The number of benzene rings is 1. The third-order valence-electron chi connectivity index (χ3n) is 2.58. The van der Waals surface area contributed by atoms with E-state index < -0.39 is 0 Å². The third-order valence-corrected chi connectivity index (χ3v) is 2.58. The first-order chi connectivity index (χ1) is 7.69. The van der Waals surface area contributed by atoms with Crippen LogP contribution in [0.5, 0.6) is 5.75 Å². The summed E-state index contributed by atoms with van der Waals surface area (Å²) in [6.07, 6.45) is 0. The molecule has 3 nitrogen and oxygen atoms in total. The van der Waals surface area contributed by atoms with E-state index in [9.17, 15) is 0 Å². The molecular formula is C13H22N2O. The highest BCUT2D eigenvalue weighted by atomic mass is 16.5. The van der Waals surface area contributed by atoms with Crippen LogP contribution in [0.25, 0.3) is 0 Å². The Bertz CT molecular complexity index is 324. The number of rotatable bonds is 6. The predicted octanol–water partition coefficient (Wildman–Crippen LogP) is 2.45. The summed E-state index contributed by atoms with van der Waals surface area (Å²) in [5.41, 5.74) is 2.40. The Morgan fingerprint density at radius 1 is 1.25 bits per heavy atom. The van der Waals surface area contributed by atoms with Crippen molar-refractivity contribution < 1.29 is 4.74 Å². The summed E-state index contributed by atoms with van der Waals surface area (Å²) in [5, 5.41) is 6.48. The van der Waals surface area contributed by atoms with Gasteiger partial charge in [-0.1, -0.05) is 19.9 Å². The van der Waals surface area contributed by atoms with Gasteiger partial charge in [-0.05, 0) is 30.7 Å². The minimum absolute atomic E-state index is 0.538. The van der Waals surface area contributed by atoms with Gasteiger partial charge in [-0.15, -0.1) is 0 Å². The van der Waals surface area contributed by atoms with Crippen LogP contribution < -0.4 is 15.4 Å². The quantitative estimate of drug-likeness (QED) is 0.725. The summed E-state index contributed by atoms with van der Waals surface area (Å²) in [7, 11) is 3.65. The van der Waals surface area contributed by atoms with Crippen LogP contribution in [0.3, 0.4) is 0 Å². The molecule has 1 aromatic carbocycles. The molecule has 0 saturated carbocycles. The van der Waals surface area contributed by atoms with Crippen molar-refractivity contribution in [1.82, 2.24) is 5.32 Å². The highest BCUT2D eigenvalue weighted by Crippen LogP contribution is 2.28. The molecule has 3 heteroatoms. The molecule has 1 rings (SSSR count). The molecule has 0 bridgehead atoms. The van der Waals surface area contributed by atoms with Gasteiger partial charge in [0.2, 0.25) is 0 Å². The molecule has 0 aliphatic heterocycles. The van der Waals surface area contributed by atoms with Gasteiger partial charge in [0.25, 0.3) is 0 Å². The van der Waals surface area contributed by atoms with Gasteiger partial charge in [0, 0.05) is 13.1 Å². The van der Waals surface area contributed by atoms with Gasteiger partial charge in [-0.2, -0.15) is 0 Å². The fraction of sp³-hybridized carbons (Fsp3) is 0.538. The lowest BCUT2D eigenvalue weighted by Crippen LogP contribution is -2.18. The summed E-state index contributed by atoms with van der Waals surface area (Å²) in [6, 6.07) is 6.31. The Balaban J connectivity index is 2.80. The third kappa shape index (κ3) is 3.42. The summed E-state index contributed by atoms with van der Waals surface area (Å²) >= 11 is 0. The summed E-state index contributed by atoms with van der Waals surface area (Å²) in [6.45, 7) is 6.22. The second-order valence-corrected chi connectivity index (χ2v) is 4.14. The molecule has 0 aromatic heterocycles. The Labute approximate surface area is 98.2 Å². The number of anilines is 1. The Hall–Kier alpha value is -1.22. The van der Waals surface area contributed by atoms with Crippen molar-refractivity contribution in [3.8, 4) is 5.75 Å². The average Bonchev–Trinajstić information content (AvgIpc) is 2.29. The van der Waals surface area contributed by atoms with Crippen molar-refractivity contribution >= 4 is 5.69 Å². The molecule has 2 N–H and O–H groups in total. The highest BCUT2D eigenvalue weighted by molar-refractivity contribution is 5.58. The van der Waals surface area contributed by atoms with Crippen molar-refractivity contribution in [1.29, 1.82) is 0 Å². The van der Waals surface area contributed by atoms with Crippen LogP contribution in [-0.4, -0.2) is 27.2 Å². The van der Waals surface area contributed by atoms with E-state index in [0.29, 0.717) is 5.92 Å². The van der Waals surface area contributed by atoms with Crippen LogP contribution in [0.15, 0.2) is 18.2 Å². The number of methoxy groups -OCH3 is 1. The first kappa shape index (κ1) is 12.8.